The van der Waals surface area contributed by atoms with Gasteiger partial charge < -0.3 is 24.7 Å². The van der Waals surface area contributed by atoms with Crippen molar-refractivity contribution in [3.8, 4) is 6.07 Å². The quantitative estimate of drug-likeness (QED) is 0.405. The molecule has 0 aliphatic carbocycles. The van der Waals surface area contributed by atoms with E-state index in [1.807, 2.05) is 18.4 Å². The summed E-state index contributed by atoms with van der Waals surface area (Å²) >= 11 is 0. The first-order valence-corrected chi connectivity index (χ1v) is 12.1. The summed E-state index contributed by atoms with van der Waals surface area (Å²) in [6, 6.07) is 8.75. The van der Waals surface area contributed by atoms with Gasteiger partial charge >= 0.3 is 0 Å². The van der Waals surface area contributed by atoms with Crippen LogP contribution in [0.1, 0.15) is 55.3 Å². The summed E-state index contributed by atoms with van der Waals surface area (Å²) in [5, 5.41) is 30.1. The lowest BCUT2D eigenvalue weighted by atomic mass is 9.85. The second-order valence-electron chi connectivity index (χ2n) is 9.67. The molecule has 3 N–H and O–H groups in total. The zero-order chi connectivity index (χ0) is 24.9. The summed E-state index contributed by atoms with van der Waals surface area (Å²) in [5.74, 6) is -0.528. The molecule has 1 aliphatic rings. The van der Waals surface area contributed by atoms with E-state index in [0.717, 1.165) is 13.1 Å². The van der Waals surface area contributed by atoms with Gasteiger partial charge in [0.15, 0.2) is 11.2 Å². The summed E-state index contributed by atoms with van der Waals surface area (Å²) in [4.78, 5) is 19.2. The van der Waals surface area contributed by atoms with Gasteiger partial charge in [-0.15, -0.1) is 0 Å². The average molecular weight is 477 g/mol. The van der Waals surface area contributed by atoms with Crippen LogP contribution in [0.3, 0.4) is 0 Å². The number of hydrogen-bond acceptors (Lipinski definition) is 5. The average Bonchev–Trinajstić information content (AvgIpc) is 3.23. The van der Waals surface area contributed by atoms with Crippen molar-refractivity contribution < 1.29 is 14.6 Å². The molecule has 1 aliphatic heterocycles. The molecule has 0 atom stereocenters. The molecule has 35 heavy (non-hydrogen) atoms. The van der Waals surface area contributed by atoms with Gasteiger partial charge in [0.25, 0.3) is 0 Å². The summed E-state index contributed by atoms with van der Waals surface area (Å²) in [5.41, 5.74) is 2.55. The van der Waals surface area contributed by atoms with E-state index in [9.17, 15) is 20.3 Å². The number of rotatable bonds is 5. The number of hydrogen-bond donors (Lipinski definition) is 3. The number of fused-ring (bicyclic) bond motifs is 4. The number of nitriles is 1. The third-order valence-electron chi connectivity index (χ3n) is 7.32. The zero-order valence-electron chi connectivity index (χ0n) is 19.9. The van der Waals surface area contributed by atoms with E-state index in [1.54, 1.807) is 24.3 Å². The van der Waals surface area contributed by atoms with Crippen LogP contribution in [0.5, 0.6) is 0 Å². The van der Waals surface area contributed by atoms with Crippen molar-refractivity contribution >= 4 is 32.8 Å². The third kappa shape index (κ3) is 3.71. The minimum absolute atomic E-state index is 0.0798. The minimum atomic E-state index is -0.448. The van der Waals surface area contributed by atoms with E-state index in [4.69, 9.17) is 0 Å². The van der Waals surface area contributed by atoms with Gasteiger partial charge in [-0.1, -0.05) is 6.07 Å². The van der Waals surface area contributed by atoms with Gasteiger partial charge in [-0.25, -0.2) is 4.39 Å². The Hall–Kier alpha value is -3.25. The maximum Gasteiger partial charge on any atom is 0.199 e. The Morgan fingerprint density at radius 1 is 1.20 bits per heavy atom. The van der Waals surface area contributed by atoms with Crippen LogP contribution >= 0.6 is 0 Å². The van der Waals surface area contributed by atoms with E-state index >= 15 is 4.39 Å². The number of aliphatic hydroxyl groups is 2. The highest BCUT2D eigenvalue weighted by atomic mass is 19.1. The Balaban J connectivity index is 1.81. The molecule has 0 amide bonds. The SMILES string of the molecule is CC(C)n1c2[nH]c3cc(C#N)ccc3c2c(=O)c2cc(CO)c(C3CCN(CCO)CC3)c(F)c21. The summed E-state index contributed by atoms with van der Waals surface area (Å²) in [6.07, 6.45) is 1.43. The Kier molecular flexibility index (Phi) is 6.09. The van der Waals surface area contributed by atoms with Crippen LogP contribution in [-0.4, -0.2) is 50.9 Å². The molecular formula is C27H29FN4O3. The molecule has 1 fully saturated rings. The lowest BCUT2D eigenvalue weighted by molar-refractivity contribution is 0.163. The van der Waals surface area contributed by atoms with Crippen LogP contribution < -0.4 is 5.43 Å². The smallest absolute Gasteiger partial charge is 0.199 e. The van der Waals surface area contributed by atoms with Crippen molar-refractivity contribution in [3.05, 3.63) is 57.0 Å². The summed E-state index contributed by atoms with van der Waals surface area (Å²) in [7, 11) is 0. The number of halogens is 1. The van der Waals surface area contributed by atoms with E-state index in [-0.39, 0.29) is 41.5 Å². The first kappa shape index (κ1) is 23.5. The van der Waals surface area contributed by atoms with Crippen LogP contribution in [0.4, 0.5) is 4.39 Å². The van der Waals surface area contributed by atoms with E-state index in [2.05, 4.69) is 16.0 Å². The number of aliphatic hydroxyl groups excluding tert-OH is 2. The van der Waals surface area contributed by atoms with Crippen LogP contribution in [0, 0.1) is 17.1 Å². The van der Waals surface area contributed by atoms with E-state index in [0.29, 0.717) is 58.0 Å². The van der Waals surface area contributed by atoms with Crippen molar-refractivity contribution in [1.29, 1.82) is 5.26 Å². The van der Waals surface area contributed by atoms with Crippen LogP contribution in [0.2, 0.25) is 0 Å². The van der Waals surface area contributed by atoms with Crippen LogP contribution in [-0.2, 0) is 6.61 Å². The number of nitrogens with zero attached hydrogens (tertiary/aromatic N) is 3. The van der Waals surface area contributed by atoms with E-state index < -0.39 is 5.82 Å². The summed E-state index contributed by atoms with van der Waals surface area (Å²) in [6.45, 7) is 5.72. The molecule has 0 spiro atoms. The predicted octanol–water partition coefficient (Wildman–Crippen LogP) is 3.89. The van der Waals surface area contributed by atoms with Gasteiger partial charge in [-0.3, -0.25) is 4.79 Å². The van der Waals surface area contributed by atoms with Crippen molar-refractivity contribution in [2.45, 2.75) is 45.3 Å². The number of H-pyrrole nitrogens is 1. The van der Waals surface area contributed by atoms with Gasteiger partial charge in [0, 0.05) is 28.9 Å². The zero-order valence-corrected chi connectivity index (χ0v) is 19.9. The number of benzene rings is 2. The minimum Gasteiger partial charge on any atom is -0.395 e. The first-order valence-electron chi connectivity index (χ1n) is 12.1. The van der Waals surface area contributed by atoms with Crippen molar-refractivity contribution in [3.63, 3.8) is 0 Å². The van der Waals surface area contributed by atoms with Gasteiger partial charge in [-0.2, -0.15) is 5.26 Å². The van der Waals surface area contributed by atoms with Gasteiger partial charge in [0.05, 0.1) is 35.7 Å². The molecule has 0 unspecified atom stereocenters. The molecule has 2 aromatic heterocycles. The van der Waals surface area contributed by atoms with E-state index in [1.165, 1.54) is 0 Å². The number of aromatic amines is 1. The Labute approximate surface area is 202 Å². The maximum absolute atomic E-state index is 16.5. The van der Waals surface area contributed by atoms with Crippen molar-refractivity contribution in [2.75, 3.05) is 26.2 Å². The fraction of sp³-hybridized carbons (Fsp3) is 0.407. The molecule has 7 nitrogen and oxygen atoms in total. The number of piperidine rings is 1. The number of likely N-dealkylation sites (tertiary alicyclic amines) is 1. The Morgan fingerprint density at radius 2 is 1.94 bits per heavy atom. The number of pyridine rings is 1. The molecular weight excluding hydrogens is 447 g/mol. The highest BCUT2D eigenvalue weighted by Gasteiger charge is 2.29. The number of aromatic nitrogens is 2. The Morgan fingerprint density at radius 3 is 2.57 bits per heavy atom. The normalized spacial score (nSPS) is 15.6. The monoisotopic (exact) mass is 476 g/mol. The fourth-order valence-corrected chi connectivity index (χ4v) is 5.70. The molecule has 0 saturated carbocycles. The Bertz CT molecular complexity index is 1540. The lowest BCUT2D eigenvalue weighted by Crippen LogP contribution is -2.35. The second-order valence-corrected chi connectivity index (χ2v) is 9.67. The largest absolute Gasteiger partial charge is 0.395 e. The molecule has 2 aromatic carbocycles. The van der Waals surface area contributed by atoms with Crippen molar-refractivity contribution in [1.82, 2.24) is 14.5 Å². The number of nitrogens with one attached hydrogen (secondary N) is 1. The van der Waals surface area contributed by atoms with Gasteiger partial charge in [0.2, 0.25) is 0 Å². The molecule has 0 bridgehead atoms. The van der Waals surface area contributed by atoms with Crippen molar-refractivity contribution in [2.24, 2.45) is 0 Å². The maximum atomic E-state index is 16.5. The fourth-order valence-electron chi connectivity index (χ4n) is 5.70. The highest BCUT2D eigenvalue weighted by molar-refractivity contribution is 6.10. The molecule has 182 valence electrons. The highest BCUT2D eigenvalue weighted by Crippen LogP contribution is 2.38. The molecule has 3 heterocycles. The molecule has 0 radical (unpaired) electrons. The topological polar surface area (TPSA) is 105 Å². The molecule has 5 rings (SSSR count). The lowest BCUT2D eigenvalue weighted by Gasteiger charge is -2.33. The summed E-state index contributed by atoms with van der Waals surface area (Å²) < 4.78 is 18.3. The molecule has 4 aromatic rings. The third-order valence-corrected chi connectivity index (χ3v) is 7.32. The standard InChI is InChI=1S/C27H29FN4O3/c1-15(2)32-25-20(26(35)23-19-4-3-16(13-29)11-21(19)30-27(23)32)12-18(14-34)22(24(25)28)17-5-7-31(8-6-17)9-10-33/h3-4,11-12,15,17,30,33-34H,5-10,14H2,1-2H3. The van der Waals surface area contributed by atoms with Crippen LogP contribution in [0.25, 0.3) is 32.8 Å². The van der Waals surface area contributed by atoms with Gasteiger partial charge in [0.1, 0.15) is 5.65 Å². The second kappa shape index (κ2) is 9.08. The van der Waals surface area contributed by atoms with Crippen LogP contribution in [0.15, 0.2) is 29.1 Å². The first-order chi connectivity index (χ1) is 16.9. The predicted molar refractivity (Wildman–Crippen MR) is 134 cm³/mol. The molecule has 8 heteroatoms. The molecule has 1 saturated heterocycles. The van der Waals surface area contributed by atoms with Gasteiger partial charge in [-0.05, 0) is 75.0 Å². The number of β-amino-alcohol motifs (C(OH)–C–C–N with tert-alkyl or cyclic N) is 1.